The number of aliphatic hydroxyl groups excluding tert-OH is 1. The first kappa shape index (κ1) is 34.5. The van der Waals surface area contributed by atoms with Crippen molar-refractivity contribution in [2.45, 2.75) is 110 Å². The van der Waals surface area contributed by atoms with E-state index in [2.05, 4.69) is 6.92 Å². The van der Waals surface area contributed by atoms with Gasteiger partial charge in [0.2, 0.25) is 0 Å². The molecule has 0 rings (SSSR count). The summed E-state index contributed by atoms with van der Waals surface area (Å²) in [7, 11) is -3.00. The van der Waals surface area contributed by atoms with E-state index in [-0.39, 0.29) is 18.8 Å². The molecule has 0 aliphatic rings. The van der Waals surface area contributed by atoms with Gasteiger partial charge in [0, 0.05) is 25.4 Å². The van der Waals surface area contributed by atoms with Gasteiger partial charge in [-0.15, -0.1) is 0 Å². The van der Waals surface area contributed by atoms with Crippen LogP contribution < -0.4 is 0 Å². The van der Waals surface area contributed by atoms with Crippen molar-refractivity contribution in [2.24, 2.45) is 5.92 Å². The summed E-state index contributed by atoms with van der Waals surface area (Å²) in [6.45, 7) is 4.95. The molecule has 0 aliphatic heterocycles. The predicted molar refractivity (Wildman–Crippen MR) is 135 cm³/mol. The van der Waals surface area contributed by atoms with Crippen molar-refractivity contribution in [2.75, 3.05) is 31.8 Å². The lowest BCUT2D eigenvalue weighted by atomic mass is 10.0. The molecule has 0 amide bonds. The number of aliphatic hydroxyl groups is 1. The molecule has 0 heterocycles. The molecular weight excluding hydrogens is 451 g/mol. The number of unbranched alkanes of at least 4 members (excludes halogenated alkanes) is 13. The third-order valence-corrected chi connectivity index (χ3v) is 6.44. The molecule has 2 unspecified atom stereocenters. The quantitative estimate of drug-likeness (QED) is 0.0822. The van der Waals surface area contributed by atoms with Crippen molar-refractivity contribution in [3.05, 3.63) is 0 Å². The van der Waals surface area contributed by atoms with Crippen LogP contribution in [0.15, 0.2) is 0 Å². The van der Waals surface area contributed by atoms with Crippen molar-refractivity contribution in [3.8, 4) is 0 Å². The molecule has 196 valence electrons. The van der Waals surface area contributed by atoms with Crippen LogP contribution in [0.25, 0.3) is 0 Å². The highest BCUT2D eigenvalue weighted by molar-refractivity contribution is 7.99. The molecule has 0 fully saturated rings. The SMILES string of the molecule is CCCCCCCCCCCCCCCCSCC(CO)COC(C)OC.O=P(O)(O)O. The van der Waals surface area contributed by atoms with Crippen molar-refractivity contribution in [1.29, 1.82) is 0 Å². The van der Waals surface area contributed by atoms with Crippen LogP contribution in [-0.2, 0) is 14.0 Å². The maximum atomic E-state index is 9.40. The molecule has 0 saturated carbocycles. The fraction of sp³-hybridized carbons (Fsp3) is 1.00. The van der Waals surface area contributed by atoms with Gasteiger partial charge >= 0.3 is 7.82 Å². The largest absolute Gasteiger partial charge is 0.466 e. The molecule has 32 heavy (non-hydrogen) atoms. The smallest absolute Gasteiger partial charge is 0.396 e. The van der Waals surface area contributed by atoms with Gasteiger partial charge in [-0.3, -0.25) is 0 Å². The zero-order valence-corrected chi connectivity index (χ0v) is 22.5. The minimum Gasteiger partial charge on any atom is -0.396 e. The molecule has 0 aromatic heterocycles. The highest BCUT2D eigenvalue weighted by Gasteiger charge is 2.10. The molecule has 0 aromatic rings. The lowest BCUT2D eigenvalue weighted by molar-refractivity contribution is -0.121. The second kappa shape index (κ2) is 26.0. The Labute approximate surface area is 201 Å². The molecule has 0 saturated heterocycles. The van der Waals surface area contributed by atoms with Gasteiger partial charge in [-0.05, 0) is 19.1 Å². The summed E-state index contributed by atoms with van der Waals surface area (Å²) in [5.41, 5.74) is 0. The normalized spacial score (nSPS) is 13.5. The summed E-state index contributed by atoms with van der Waals surface area (Å²) in [4.78, 5) is 21.6. The second-order valence-electron chi connectivity index (χ2n) is 8.37. The van der Waals surface area contributed by atoms with Crippen molar-refractivity contribution < 1.29 is 33.8 Å². The molecule has 0 aliphatic carbocycles. The molecule has 0 radical (unpaired) electrons. The van der Waals surface area contributed by atoms with E-state index in [0.717, 1.165) is 5.75 Å². The third-order valence-electron chi connectivity index (χ3n) is 5.15. The minimum atomic E-state index is -4.64. The average Bonchev–Trinajstić information content (AvgIpc) is 2.74. The number of thioether (sulfide) groups is 1. The Morgan fingerprint density at radius 1 is 0.812 bits per heavy atom. The summed E-state index contributed by atoms with van der Waals surface area (Å²) in [5.74, 6) is 2.40. The van der Waals surface area contributed by atoms with E-state index in [0.29, 0.717) is 6.61 Å². The van der Waals surface area contributed by atoms with Crippen molar-refractivity contribution in [1.82, 2.24) is 0 Å². The van der Waals surface area contributed by atoms with Crippen LogP contribution in [-0.4, -0.2) is 57.9 Å². The Balaban J connectivity index is 0. The average molecular weight is 503 g/mol. The van der Waals surface area contributed by atoms with Gasteiger partial charge in [-0.2, -0.15) is 11.8 Å². The maximum Gasteiger partial charge on any atom is 0.466 e. The zero-order valence-electron chi connectivity index (χ0n) is 20.8. The van der Waals surface area contributed by atoms with Gasteiger partial charge in [0.25, 0.3) is 0 Å². The summed E-state index contributed by atoms with van der Waals surface area (Å²) in [6, 6.07) is 0. The van der Waals surface area contributed by atoms with Gasteiger partial charge in [0.15, 0.2) is 6.29 Å². The number of hydrogen-bond acceptors (Lipinski definition) is 5. The monoisotopic (exact) mass is 502 g/mol. The number of phosphoric acid groups is 1. The molecule has 2 atom stereocenters. The lowest BCUT2D eigenvalue weighted by Crippen LogP contribution is -2.21. The van der Waals surface area contributed by atoms with Crippen molar-refractivity contribution >= 4 is 19.6 Å². The summed E-state index contributed by atoms with van der Waals surface area (Å²) < 4.78 is 19.5. The van der Waals surface area contributed by atoms with Crippen LogP contribution in [0.5, 0.6) is 0 Å². The molecule has 0 spiro atoms. The van der Waals surface area contributed by atoms with Crippen LogP contribution in [0.4, 0.5) is 0 Å². The first-order valence-corrected chi connectivity index (χ1v) is 15.1. The Kier molecular flexibility index (Phi) is 28.0. The highest BCUT2D eigenvalue weighted by atomic mass is 32.2. The molecule has 9 heteroatoms. The van der Waals surface area contributed by atoms with E-state index in [4.69, 9.17) is 28.7 Å². The Morgan fingerprint density at radius 3 is 1.59 bits per heavy atom. The topological polar surface area (TPSA) is 116 Å². The van der Waals surface area contributed by atoms with Gasteiger partial charge in [0.1, 0.15) is 0 Å². The van der Waals surface area contributed by atoms with E-state index in [1.54, 1.807) is 7.11 Å². The van der Waals surface area contributed by atoms with Gasteiger partial charge in [0.05, 0.1) is 6.61 Å². The van der Waals surface area contributed by atoms with Crippen molar-refractivity contribution in [3.63, 3.8) is 0 Å². The van der Waals surface area contributed by atoms with Gasteiger partial charge < -0.3 is 29.3 Å². The first-order chi connectivity index (χ1) is 15.2. The van der Waals surface area contributed by atoms with Crippen LogP contribution in [0.3, 0.4) is 0 Å². The Morgan fingerprint density at radius 2 is 1.22 bits per heavy atom. The van der Waals surface area contributed by atoms with Crippen LogP contribution in [0, 0.1) is 5.92 Å². The lowest BCUT2D eigenvalue weighted by Gasteiger charge is -2.17. The summed E-state index contributed by atoms with van der Waals surface area (Å²) in [5, 5.41) is 9.40. The van der Waals surface area contributed by atoms with Crippen LogP contribution >= 0.6 is 19.6 Å². The van der Waals surface area contributed by atoms with E-state index in [9.17, 15) is 5.11 Å². The standard InChI is InChI=1S/C23H48O3S.H3O4P/c1-4-5-6-7-8-9-10-11-12-13-14-15-16-17-18-27-21-23(19-24)20-26-22(2)25-3;1-5(2,3)4/h22-24H,4-21H2,1-3H3;(H3,1,2,3,4). The number of ether oxygens (including phenoxy) is 2. The van der Waals surface area contributed by atoms with E-state index >= 15 is 0 Å². The molecule has 4 N–H and O–H groups in total. The molecule has 0 aromatic carbocycles. The molecule has 7 nitrogen and oxygen atoms in total. The van der Waals surface area contributed by atoms with E-state index < -0.39 is 7.82 Å². The molecule has 0 bridgehead atoms. The first-order valence-electron chi connectivity index (χ1n) is 12.4. The highest BCUT2D eigenvalue weighted by Crippen LogP contribution is 2.25. The fourth-order valence-corrected chi connectivity index (χ4v) is 4.25. The Hall–Kier alpha value is 0.340. The summed E-state index contributed by atoms with van der Waals surface area (Å²) >= 11 is 1.95. The number of rotatable bonds is 22. The van der Waals surface area contributed by atoms with Crippen LogP contribution in [0.2, 0.25) is 0 Å². The molecular formula is C23H51O7PS. The fourth-order valence-electron chi connectivity index (χ4n) is 3.14. The van der Waals surface area contributed by atoms with Gasteiger partial charge in [-0.1, -0.05) is 90.4 Å². The Bertz CT molecular complexity index is 402. The van der Waals surface area contributed by atoms with Crippen LogP contribution in [0.1, 0.15) is 104 Å². The number of methoxy groups -OCH3 is 1. The minimum absolute atomic E-state index is 0.185. The zero-order chi connectivity index (χ0) is 24.5. The van der Waals surface area contributed by atoms with E-state index in [1.807, 2.05) is 18.7 Å². The number of hydrogen-bond donors (Lipinski definition) is 4. The maximum absolute atomic E-state index is 9.40. The van der Waals surface area contributed by atoms with Gasteiger partial charge in [-0.25, -0.2) is 4.57 Å². The summed E-state index contributed by atoms with van der Waals surface area (Å²) in [6.07, 6.45) is 19.6. The predicted octanol–water partition coefficient (Wildman–Crippen LogP) is 5.89. The third kappa shape index (κ3) is 34.9. The second-order valence-corrected chi connectivity index (χ2v) is 10.5. The van der Waals surface area contributed by atoms with E-state index in [1.165, 1.54) is 95.6 Å².